The highest BCUT2D eigenvalue weighted by atomic mass is 16.6. The molecule has 0 radical (unpaired) electrons. The molecule has 1 aliphatic heterocycles. The van der Waals surface area contributed by atoms with Crippen molar-refractivity contribution in [3.8, 4) is 0 Å². The molecule has 1 fully saturated rings. The minimum Gasteiger partial charge on any atom is -0.460 e. The van der Waals surface area contributed by atoms with E-state index in [2.05, 4.69) is 10.6 Å². The van der Waals surface area contributed by atoms with Crippen molar-refractivity contribution in [2.45, 2.75) is 78.0 Å². The van der Waals surface area contributed by atoms with Crippen LogP contribution in [-0.2, 0) is 14.3 Å². The molecule has 7 heteroatoms. The maximum Gasteiger partial charge on any atom is 0.410 e. The number of rotatable bonds is 7. The summed E-state index contributed by atoms with van der Waals surface area (Å²) in [7, 11) is 0. The standard InChI is InChI=1S/C19H37N3O4/c1-18(2,3)25-16(23)7-10-20-11-12-21-15-8-13-22(14-9-15)17(24)26-19(4,5)6/h15,20-21H,7-14H2,1-6H3. The molecule has 1 heterocycles. The third-order valence-electron chi connectivity index (χ3n) is 3.81. The van der Waals surface area contributed by atoms with E-state index in [0.29, 0.717) is 19.0 Å². The summed E-state index contributed by atoms with van der Waals surface area (Å²) in [5.41, 5.74) is -0.871. The number of hydrogen-bond acceptors (Lipinski definition) is 6. The molecule has 7 nitrogen and oxygen atoms in total. The molecule has 1 aliphatic rings. The fourth-order valence-corrected chi connectivity index (χ4v) is 2.67. The molecular weight excluding hydrogens is 334 g/mol. The summed E-state index contributed by atoms with van der Waals surface area (Å²) in [5, 5.41) is 6.74. The van der Waals surface area contributed by atoms with Crippen LogP contribution in [0, 0.1) is 0 Å². The number of nitrogens with one attached hydrogen (secondary N) is 2. The highest BCUT2D eigenvalue weighted by Gasteiger charge is 2.26. The van der Waals surface area contributed by atoms with Gasteiger partial charge in [-0.15, -0.1) is 0 Å². The number of hydrogen-bond donors (Lipinski definition) is 2. The first-order chi connectivity index (χ1) is 12.0. The lowest BCUT2D eigenvalue weighted by Gasteiger charge is -2.33. The van der Waals surface area contributed by atoms with E-state index in [-0.39, 0.29) is 12.1 Å². The topological polar surface area (TPSA) is 79.9 Å². The summed E-state index contributed by atoms with van der Waals surface area (Å²) in [6.07, 6.45) is 2.01. The van der Waals surface area contributed by atoms with Crippen molar-refractivity contribution in [2.75, 3.05) is 32.7 Å². The van der Waals surface area contributed by atoms with Gasteiger partial charge in [0, 0.05) is 38.8 Å². The Kier molecular flexibility index (Phi) is 8.83. The lowest BCUT2D eigenvalue weighted by atomic mass is 10.1. The summed E-state index contributed by atoms with van der Waals surface area (Å²) in [6.45, 7) is 15.0. The highest BCUT2D eigenvalue weighted by Crippen LogP contribution is 2.15. The second-order valence-electron chi connectivity index (χ2n) is 8.78. The minimum absolute atomic E-state index is 0.174. The first-order valence-corrected chi connectivity index (χ1v) is 9.60. The molecule has 1 amide bonds. The number of piperidine rings is 1. The Hall–Kier alpha value is -1.34. The number of carbonyl (C=O) groups is 2. The van der Waals surface area contributed by atoms with Gasteiger partial charge in [-0.05, 0) is 54.4 Å². The average Bonchev–Trinajstić information content (AvgIpc) is 2.48. The maximum atomic E-state index is 12.0. The van der Waals surface area contributed by atoms with Crippen LogP contribution in [0.3, 0.4) is 0 Å². The lowest BCUT2D eigenvalue weighted by Crippen LogP contribution is -2.47. The smallest absolute Gasteiger partial charge is 0.410 e. The zero-order chi connectivity index (χ0) is 19.8. The van der Waals surface area contributed by atoms with Crippen LogP contribution >= 0.6 is 0 Å². The van der Waals surface area contributed by atoms with Crippen molar-refractivity contribution < 1.29 is 19.1 Å². The summed E-state index contributed by atoms with van der Waals surface area (Å²) >= 11 is 0. The Balaban J connectivity index is 2.07. The molecule has 1 rings (SSSR count). The van der Waals surface area contributed by atoms with Crippen molar-refractivity contribution in [2.24, 2.45) is 0 Å². The molecule has 26 heavy (non-hydrogen) atoms. The lowest BCUT2D eigenvalue weighted by molar-refractivity contribution is -0.154. The van der Waals surface area contributed by atoms with E-state index in [1.165, 1.54) is 0 Å². The fourth-order valence-electron chi connectivity index (χ4n) is 2.67. The monoisotopic (exact) mass is 371 g/mol. The Morgan fingerprint density at radius 3 is 2.04 bits per heavy atom. The first-order valence-electron chi connectivity index (χ1n) is 9.60. The van der Waals surface area contributed by atoms with Crippen molar-refractivity contribution in [3.63, 3.8) is 0 Å². The van der Waals surface area contributed by atoms with E-state index in [4.69, 9.17) is 9.47 Å². The average molecular weight is 372 g/mol. The summed E-state index contributed by atoms with van der Waals surface area (Å²) in [4.78, 5) is 25.4. The number of esters is 1. The van der Waals surface area contributed by atoms with Crippen molar-refractivity contribution in [3.05, 3.63) is 0 Å². The zero-order valence-corrected chi connectivity index (χ0v) is 17.3. The molecule has 1 saturated heterocycles. The Bertz CT molecular complexity index is 447. The highest BCUT2D eigenvalue weighted by molar-refractivity contribution is 5.70. The molecule has 0 bridgehead atoms. The van der Waals surface area contributed by atoms with Crippen LogP contribution in [-0.4, -0.2) is 66.9 Å². The molecule has 2 N–H and O–H groups in total. The second-order valence-corrected chi connectivity index (χ2v) is 8.78. The number of ether oxygens (including phenoxy) is 2. The van der Waals surface area contributed by atoms with Crippen LogP contribution in [0.2, 0.25) is 0 Å². The van der Waals surface area contributed by atoms with Gasteiger partial charge in [0.15, 0.2) is 0 Å². The zero-order valence-electron chi connectivity index (χ0n) is 17.3. The van der Waals surface area contributed by atoms with E-state index < -0.39 is 11.2 Å². The van der Waals surface area contributed by atoms with Crippen LogP contribution < -0.4 is 10.6 Å². The second kappa shape index (κ2) is 10.1. The number of nitrogens with zero attached hydrogens (tertiary/aromatic N) is 1. The molecule has 0 saturated carbocycles. The molecule has 0 aromatic heterocycles. The van der Waals surface area contributed by atoms with Crippen LogP contribution in [0.15, 0.2) is 0 Å². The van der Waals surface area contributed by atoms with Gasteiger partial charge in [0.05, 0.1) is 6.42 Å². The van der Waals surface area contributed by atoms with Gasteiger partial charge in [-0.25, -0.2) is 4.79 Å². The van der Waals surface area contributed by atoms with Crippen LogP contribution in [0.25, 0.3) is 0 Å². The fraction of sp³-hybridized carbons (Fsp3) is 0.895. The molecule has 0 unspecified atom stereocenters. The number of amides is 1. The number of likely N-dealkylation sites (tertiary alicyclic amines) is 1. The van der Waals surface area contributed by atoms with E-state index in [0.717, 1.165) is 39.0 Å². The van der Waals surface area contributed by atoms with Crippen LogP contribution in [0.1, 0.15) is 60.8 Å². The normalized spacial score (nSPS) is 16.5. The van der Waals surface area contributed by atoms with Crippen molar-refractivity contribution >= 4 is 12.1 Å². The summed E-state index contributed by atoms with van der Waals surface area (Å²) < 4.78 is 10.7. The molecule has 0 spiro atoms. The predicted molar refractivity (Wildman–Crippen MR) is 102 cm³/mol. The molecule has 0 aromatic carbocycles. The minimum atomic E-state index is -0.447. The van der Waals surface area contributed by atoms with Gasteiger partial charge < -0.3 is 25.0 Å². The SMILES string of the molecule is CC(C)(C)OC(=O)CCNCCNC1CCN(C(=O)OC(C)(C)C)CC1. The van der Waals surface area contributed by atoms with Crippen LogP contribution in [0.4, 0.5) is 4.79 Å². The van der Waals surface area contributed by atoms with E-state index >= 15 is 0 Å². The van der Waals surface area contributed by atoms with Gasteiger partial charge in [0.2, 0.25) is 0 Å². The molecule has 0 atom stereocenters. The molecule has 0 aliphatic carbocycles. The summed E-state index contributed by atoms with van der Waals surface area (Å²) in [6, 6.07) is 0.418. The van der Waals surface area contributed by atoms with Crippen molar-refractivity contribution in [1.82, 2.24) is 15.5 Å². The Morgan fingerprint density at radius 2 is 1.50 bits per heavy atom. The molecule has 0 aromatic rings. The number of carbonyl (C=O) groups excluding carboxylic acids is 2. The molecular formula is C19H37N3O4. The Morgan fingerprint density at radius 1 is 0.923 bits per heavy atom. The van der Waals surface area contributed by atoms with Crippen molar-refractivity contribution in [1.29, 1.82) is 0 Å². The summed E-state index contributed by atoms with van der Waals surface area (Å²) in [5.74, 6) is -0.174. The van der Waals surface area contributed by atoms with Gasteiger partial charge in [-0.3, -0.25) is 4.79 Å². The van der Waals surface area contributed by atoms with Gasteiger partial charge >= 0.3 is 12.1 Å². The van der Waals surface area contributed by atoms with Crippen LogP contribution in [0.5, 0.6) is 0 Å². The quantitative estimate of drug-likeness (QED) is 0.528. The van der Waals surface area contributed by atoms with Gasteiger partial charge in [0.1, 0.15) is 11.2 Å². The largest absolute Gasteiger partial charge is 0.460 e. The third-order valence-corrected chi connectivity index (χ3v) is 3.81. The maximum absolute atomic E-state index is 12.0. The van der Waals surface area contributed by atoms with E-state index in [1.807, 2.05) is 41.5 Å². The van der Waals surface area contributed by atoms with E-state index in [9.17, 15) is 9.59 Å². The third kappa shape index (κ3) is 10.6. The van der Waals surface area contributed by atoms with Gasteiger partial charge in [-0.2, -0.15) is 0 Å². The first kappa shape index (κ1) is 22.7. The molecule has 152 valence electrons. The Labute approximate surface area is 158 Å². The van der Waals surface area contributed by atoms with E-state index in [1.54, 1.807) is 4.90 Å². The van der Waals surface area contributed by atoms with Gasteiger partial charge in [-0.1, -0.05) is 0 Å². The predicted octanol–water partition coefficient (Wildman–Crippen LogP) is 2.30. The van der Waals surface area contributed by atoms with Gasteiger partial charge in [0.25, 0.3) is 0 Å².